The average molecular weight is 327 g/mol. The number of nitrogen functional groups attached to an aromatic ring is 1. The second-order valence-corrected chi connectivity index (χ2v) is 5.45. The highest BCUT2D eigenvalue weighted by Crippen LogP contribution is 2.21. The minimum atomic E-state index is -0.517. The van der Waals surface area contributed by atoms with E-state index in [2.05, 4.69) is 15.5 Å². The molecule has 5 nitrogen and oxygen atoms in total. The number of carbonyl (C=O) groups is 1. The molecule has 0 saturated heterocycles. The minimum Gasteiger partial charge on any atom is -0.375 e. The van der Waals surface area contributed by atoms with Gasteiger partial charge in [-0.15, -0.1) is 0 Å². The molecule has 0 bridgehead atoms. The number of halogens is 2. The van der Waals surface area contributed by atoms with Gasteiger partial charge in [0.25, 0.3) is 5.91 Å². The highest BCUT2D eigenvalue weighted by atomic mass is 35.5. The Hall–Kier alpha value is -1.99. The first-order valence-corrected chi connectivity index (χ1v) is 7.25. The highest BCUT2D eigenvalue weighted by Gasteiger charge is 2.15. The van der Waals surface area contributed by atoms with E-state index >= 15 is 0 Å². The van der Waals surface area contributed by atoms with E-state index in [0.29, 0.717) is 22.1 Å². The van der Waals surface area contributed by atoms with Gasteiger partial charge in [0, 0.05) is 5.56 Å². The Morgan fingerprint density at radius 2 is 2.38 bits per heavy atom. The minimum absolute atomic E-state index is 0.110. The van der Waals surface area contributed by atoms with Gasteiger partial charge < -0.3 is 5.73 Å². The van der Waals surface area contributed by atoms with Crippen LogP contribution in [0.3, 0.4) is 0 Å². The molecular formula is C13H12ClFN4OS. The fraction of sp³-hybridized carbons (Fsp3) is 0.154. The summed E-state index contributed by atoms with van der Waals surface area (Å²) < 4.78 is 13.5. The summed E-state index contributed by atoms with van der Waals surface area (Å²) in [5.41, 5.74) is 8.60. The Morgan fingerprint density at radius 1 is 1.62 bits per heavy atom. The van der Waals surface area contributed by atoms with Crippen LogP contribution in [0.4, 0.5) is 9.52 Å². The van der Waals surface area contributed by atoms with Crippen molar-refractivity contribution >= 4 is 40.2 Å². The quantitative estimate of drug-likeness (QED) is 0.669. The van der Waals surface area contributed by atoms with Crippen molar-refractivity contribution in [3.8, 4) is 0 Å². The van der Waals surface area contributed by atoms with Gasteiger partial charge in [-0.3, -0.25) is 4.79 Å². The Kier molecular flexibility index (Phi) is 4.87. The van der Waals surface area contributed by atoms with E-state index in [0.717, 1.165) is 17.6 Å². The van der Waals surface area contributed by atoms with E-state index < -0.39 is 11.7 Å². The van der Waals surface area contributed by atoms with Crippen LogP contribution in [0.5, 0.6) is 0 Å². The van der Waals surface area contributed by atoms with Crippen LogP contribution in [0, 0.1) is 5.82 Å². The molecule has 1 aromatic carbocycles. The lowest BCUT2D eigenvalue weighted by Gasteiger charge is -2.00. The summed E-state index contributed by atoms with van der Waals surface area (Å²) in [5, 5.41) is 4.24. The van der Waals surface area contributed by atoms with E-state index in [9.17, 15) is 9.18 Å². The number of benzene rings is 1. The topological polar surface area (TPSA) is 80.4 Å². The third kappa shape index (κ3) is 3.56. The zero-order valence-corrected chi connectivity index (χ0v) is 12.6. The molecule has 110 valence electrons. The second kappa shape index (κ2) is 6.64. The first-order valence-electron chi connectivity index (χ1n) is 6.05. The molecule has 0 radical (unpaired) electrons. The fourth-order valence-electron chi connectivity index (χ4n) is 1.63. The van der Waals surface area contributed by atoms with Gasteiger partial charge >= 0.3 is 0 Å². The van der Waals surface area contributed by atoms with E-state index in [-0.39, 0.29) is 10.6 Å². The molecule has 0 unspecified atom stereocenters. The Bertz CT molecular complexity index is 681. The van der Waals surface area contributed by atoms with Crippen LogP contribution >= 0.6 is 22.9 Å². The molecule has 8 heteroatoms. The second-order valence-electron chi connectivity index (χ2n) is 4.02. The predicted molar refractivity (Wildman–Crippen MR) is 82.4 cm³/mol. The van der Waals surface area contributed by atoms with Crippen LogP contribution < -0.4 is 11.2 Å². The van der Waals surface area contributed by atoms with E-state index in [1.165, 1.54) is 18.2 Å². The number of amides is 1. The molecule has 0 aliphatic carbocycles. The molecule has 1 heterocycles. The maximum absolute atomic E-state index is 13.5. The number of rotatable bonds is 4. The van der Waals surface area contributed by atoms with E-state index in [1.54, 1.807) is 0 Å². The summed E-state index contributed by atoms with van der Waals surface area (Å²) in [6, 6.07) is 4.28. The van der Waals surface area contributed by atoms with Crippen LogP contribution in [0.1, 0.15) is 27.9 Å². The third-order valence-electron chi connectivity index (χ3n) is 2.61. The van der Waals surface area contributed by atoms with E-state index in [4.69, 9.17) is 17.3 Å². The number of anilines is 1. The summed E-state index contributed by atoms with van der Waals surface area (Å²) >= 11 is 6.92. The van der Waals surface area contributed by atoms with Crippen LogP contribution in [0.25, 0.3) is 0 Å². The highest BCUT2D eigenvalue weighted by molar-refractivity contribution is 7.17. The van der Waals surface area contributed by atoms with Gasteiger partial charge in [-0.05, 0) is 18.6 Å². The SMILES string of the molecule is CCc1nc(N)sc1C(=O)NN=Cc1c(F)cccc1Cl. The Balaban J connectivity index is 2.12. The maximum atomic E-state index is 13.5. The molecular weight excluding hydrogens is 315 g/mol. The molecule has 1 aromatic heterocycles. The van der Waals surface area contributed by atoms with Crippen molar-refractivity contribution in [1.29, 1.82) is 0 Å². The van der Waals surface area contributed by atoms with Gasteiger partial charge in [0.15, 0.2) is 5.13 Å². The molecule has 1 amide bonds. The van der Waals surface area contributed by atoms with Crippen LogP contribution in [0.15, 0.2) is 23.3 Å². The van der Waals surface area contributed by atoms with Gasteiger partial charge in [-0.25, -0.2) is 14.8 Å². The smallest absolute Gasteiger partial charge is 0.283 e. The number of nitrogens with zero attached hydrogens (tertiary/aromatic N) is 2. The summed E-state index contributed by atoms with van der Waals surface area (Å²) in [7, 11) is 0. The number of thiazole rings is 1. The lowest BCUT2D eigenvalue weighted by atomic mass is 10.2. The standard InChI is InChI=1S/C13H12ClFN4OS/c1-2-10-11(21-13(16)18-10)12(20)19-17-6-7-8(14)4-3-5-9(7)15/h3-6H,2H2,1H3,(H2,16,18)(H,19,20). The number of hydrogen-bond donors (Lipinski definition) is 2. The monoisotopic (exact) mass is 326 g/mol. The molecule has 0 aliphatic heterocycles. The van der Waals surface area contributed by atoms with Crippen molar-refractivity contribution in [2.45, 2.75) is 13.3 Å². The normalized spacial score (nSPS) is 11.0. The summed E-state index contributed by atoms with van der Waals surface area (Å²) in [4.78, 5) is 16.4. The molecule has 21 heavy (non-hydrogen) atoms. The number of aromatic nitrogens is 1. The molecule has 0 aliphatic rings. The molecule has 0 spiro atoms. The van der Waals surface area contributed by atoms with Crippen molar-refractivity contribution in [2.75, 3.05) is 5.73 Å². The average Bonchev–Trinajstić information content (AvgIpc) is 2.83. The number of hydrogen-bond acceptors (Lipinski definition) is 5. The van der Waals surface area contributed by atoms with Crippen molar-refractivity contribution in [3.05, 3.63) is 45.2 Å². The van der Waals surface area contributed by atoms with Crippen LogP contribution in [-0.4, -0.2) is 17.1 Å². The lowest BCUT2D eigenvalue weighted by molar-refractivity contribution is 0.0958. The molecule has 0 fully saturated rings. The molecule has 2 aromatic rings. The van der Waals surface area contributed by atoms with Crippen LogP contribution in [-0.2, 0) is 6.42 Å². The first kappa shape index (κ1) is 15.4. The lowest BCUT2D eigenvalue weighted by Crippen LogP contribution is -2.18. The van der Waals surface area contributed by atoms with Gasteiger partial charge in [-0.1, -0.05) is 35.9 Å². The summed E-state index contributed by atoms with van der Waals surface area (Å²) in [6.07, 6.45) is 1.74. The molecule has 0 atom stereocenters. The number of nitrogens with one attached hydrogen (secondary N) is 1. The Labute approximate surface area is 129 Å². The zero-order chi connectivity index (χ0) is 15.4. The number of nitrogens with two attached hydrogens (primary N) is 1. The maximum Gasteiger partial charge on any atom is 0.283 e. The number of aryl methyl sites for hydroxylation is 1. The zero-order valence-electron chi connectivity index (χ0n) is 11.1. The third-order valence-corrected chi connectivity index (χ3v) is 3.87. The van der Waals surface area contributed by atoms with Gasteiger partial charge in [0.1, 0.15) is 10.7 Å². The van der Waals surface area contributed by atoms with Crippen molar-refractivity contribution in [1.82, 2.24) is 10.4 Å². The van der Waals surface area contributed by atoms with E-state index in [1.807, 2.05) is 6.92 Å². The summed E-state index contributed by atoms with van der Waals surface area (Å²) in [5.74, 6) is -0.957. The number of carbonyl (C=O) groups excluding carboxylic acids is 1. The number of hydrazone groups is 1. The largest absolute Gasteiger partial charge is 0.375 e. The van der Waals surface area contributed by atoms with Gasteiger partial charge in [-0.2, -0.15) is 5.10 Å². The summed E-state index contributed by atoms with van der Waals surface area (Å²) in [6.45, 7) is 1.87. The van der Waals surface area contributed by atoms with Gasteiger partial charge in [0.05, 0.1) is 16.9 Å². The van der Waals surface area contributed by atoms with Crippen molar-refractivity contribution in [2.24, 2.45) is 5.10 Å². The van der Waals surface area contributed by atoms with Crippen molar-refractivity contribution in [3.63, 3.8) is 0 Å². The predicted octanol–water partition coefficient (Wildman–Crippen LogP) is 2.84. The van der Waals surface area contributed by atoms with Crippen LogP contribution in [0.2, 0.25) is 5.02 Å². The van der Waals surface area contributed by atoms with Gasteiger partial charge in [0.2, 0.25) is 0 Å². The first-order chi connectivity index (χ1) is 10.0. The molecule has 3 N–H and O–H groups in total. The Morgan fingerprint density at radius 3 is 3.05 bits per heavy atom. The van der Waals surface area contributed by atoms with Crippen molar-refractivity contribution < 1.29 is 9.18 Å². The molecule has 2 rings (SSSR count). The fourth-order valence-corrected chi connectivity index (χ4v) is 2.65. The molecule has 0 saturated carbocycles.